The molecule has 3 N–H and O–H groups in total. The van der Waals surface area contributed by atoms with E-state index in [1.54, 1.807) is 7.11 Å². The largest absolute Gasteiger partial charge is 0.497 e. The molecule has 0 saturated carbocycles. The number of nitrogens with two attached hydrogens (primary N) is 1. The number of nitrogens with one attached hydrogen (secondary N) is 1. The predicted molar refractivity (Wildman–Crippen MR) is 62.6 cm³/mol. The van der Waals surface area contributed by atoms with Crippen LogP contribution in [0, 0.1) is 6.92 Å². The van der Waals surface area contributed by atoms with Gasteiger partial charge in [0.2, 0.25) is 0 Å². The van der Waals surface area contributed by atoms with Crippen LogP contribution in [0.2, 0.25) is 0 Å². The standard InChI is InChI=1S/C12H18N2O/c1-4-5-12(14-13)11-7-6-10(15-3)8-9(11)2/h4,6-8,12,14H,1,5,13H2,2-3H3. The lowest BCUT2D eigenvalue weighted by Crippen LogP contribution is -2.28. The second kappa shape index (κ2) is 5.53. The van der Waals surface area contributed by atoms with E-state index < -0.39 is 0 Å². The molecular formula is C12H18N2O. The summed E-state index contributed by atoms with van der Waals surface area (Å²) in [5.41, 5.74) is 5.13. The van der Waals surface area contributed by atoms with Crippen LogP contribution in [0.1, 0.15) is 23.6 Å². The van der Waals surface area contributed by atoms with Gasteiger partial charge in [-0.05, 0) is 36.6 Å². The fourth-order valence-corrected chi connectivity index (χ4v) is 1.62. The highest BCUT2D eigenvalue weighted by atomic mass is 16.5. The molecule has 0 aromatic heterocycles. The molecular weight excluding hydrogens is 188 g/mol. The van der Waals surface area contributed by atoms with Crippen molar-refractivity contribution in [2.24, 2.45) is 5.84 Å². The van der Waals surface area contributed by atoms with Gasteiger partial charge >= 0.3 is 0 Å². The summed E-state index contributed by atoms with van der Waals surface area (Å²) in [7, 11) is 1.66. The first kappa shape index (κ1) is 11.8. The summed E-state index contributed by atoms with van der Waals surface area (Å²) in [6.07, 6.45) is 2.66. The van der Waals surface area contributed by atoms with Crippen molar-refractivity contribution in [3.63, 3.8) is 0 Å². The van der Waals surface area contributed by atoms with Crippen molar-refractivity contribution in [2.75, 3.05) is 7.11 Å². The van der Waals surface area contributed by atoms with Crippen LogP contribution < -0.4 is 16.0 Å². The third-order valence-electron chi connectivity index (χ3n) is 2.46. The third-order valence-corrected chi connectivity index (χ3v) is 2.46. The van der Waals surface area contributed by atoms with E-state index in [-0.39, 0.29) is 6.04 Å². The SMILES string of the molecule is C=CCC(NN)c1ccc(OC)cc1C. The molecule has 0 bridgehead atoms. The Bertz CT molecular complexity index is 336. The number of benzene rings is 1. The molecule has 3 heteroatoms. The quantitative estimate of drug-likeness (QED) is 0.440. The Labute approximate surface area is 90.9 Å². The van der Waals surface area contributed by atoms with Crippen molar-refractivity contribution in [3.05, 3.63) is 42.0 Å². The summed E-state index contributed by atoms with van der Waals surface area (Å²) in [4.78, 5) is 0. The number of rotatable bonds is 5. The van der Waals surface area contributed by atoms with Crippen LogP contribution in [-0.2, 0) is 0 Å². The summed E-state index contributed by atoms with van der Waals surface area (Å²) in [5.74, 6) is 6.37. The van der Waals surface area contributed by atoms with E-state index in [4.69, 9.17) is 10.6 Å². The topological polar surface area (TPSA) is 47.3 Å². The van der Waals surface area contributed by atoms with Gasteiger partial charge < -0.3 is 4.74 Å². The highest BCUT2D eigenvalue weighted by Crippen LogP contribution is 2.24. The smallest absolute Gasteiger partial charge is 0.119 e. The van der Waals surface area contributed by atoms with Crippen LogP contribution >= 0.6 is 0 Å². The number of hydrogen-bond acceptors (Lipinski definition) is 3. The number of methoxy groups -OCH3 is 1. The van der Waals surface area contributed by atoms with Gasteiger partial charge in [0.05, 0.1) is 7.11 Å². The van der Waals surface area contributed by atoms with Crippen LogP contribution in [0.4, 0.5) is 0 Å². The van der Waals surface area contributed by atoms with E-state index in [2.05, 4.69) is 12.0 Å². The third kappa shape index (κ3) is 2.81. The first-order chi connectivity index (χ1) is 7.22. The lowest BCUT2D eigenvalue weighted by molar-refractivity contribution is 0.414. The molecule has 0 radical (unpaired) electrons. The Morgan fingerprint density at radius 3 is 2.80 bits per heavy atom. The van der Waals surface area contributed by atoms with Crippen LogP contribution in [0.15, 0.2) is 30.9 Å². The monoisotopic (exact) mass is 206 g/mol. The van der Waals surface area contributed by atoms with E-state index in [0.717, 1.165) is 12.2 Å². The summed E-state index contributed by atoms with van der Waals surface area (Å²) in [6.45, 7) is 5.76. The second-order valence-corrected chi connectivity index (χ2v) is 3.47. The molecule has 0 fully saturated rings. The van der Waals surface area contributed by atoms with Gasteiger partial charge in [-0.3, -0.25) is 11.3 Å². The fraction of sp³-hybridized carbons (Fsp3) is 0.333. The second-order valence-electron chi connectivity index (χ2n) is 3.47. The average Bonchev–Trinajstić information content (AvgIpc) is 2.26. The van der Waals surface area contributed by atoms with Crippen molar-refractivity contribution >= 4 is 0 Å². The molecule has 0 aliphatic heterocycles. The molecule has 0 aliphatic rings. The maximum absolute atomic E-state index is 5.50. The Morgan fingerprint density at radius 2 is 2.33 bits per heavy atom. The van der Waals surface area contributed by atoms with Gasteiger partial charge in [0.25, 0.3) is 0 Å². The molecule has 1 unspecified atom stereocenters. The van der Waals surface area contributed by atoms with E-state index >= 15 is 0 Å². The van der Waals surface area contributed by atoms with E-state index in [0.29, 0.717) is 0 Å². The molecule has 0 saturated heterocycles. The van der Waals surface area contributed by atoms with Gasteiger partial charge in [-0.1, -0.05) is 12.1 Å². The highest BCUT2D eigenvalue weighted by Gasteiger charge is 2.10. The van der Waals surface area contributed by atoms with Gasteiger partial charge in [0.1, 0.15) is 5.75 Å². The summed E-state index contributed by atoms with van der Waals surface area (Å²) < 4.78 is 5.15. The van der Waals surface area contributed by atoms with Gasteiger partial charge in [0, 0.05) is 6.04 Å². The van der Waals surface area contributed by atoms with E-state index in [9.17, 15) is 0 Å². The van der Waals surface area contributed by atoms with Gasteiger partial charge in [-0.2, -0.15) is 0 Å². The lowest BCUT2D eigenvalue weighted by Gasteiger charge is -2.17. The van der Waals surface area contributed by atoms with Crippen molar-refractivity contribution in [1.82, 2.24) is 5.43 Å². The maximum atomic E-state index is 5.50. The molecule has 1 aromatic rings. The molecule has 0 amide bonds. The lowest BCUT2D eigenvalue weighted by atomic mass is 9.99. The van der Waals surface area contributed by atoms with Gasteiger partial charge in [-0.15, -0.1) is 6.58 Å². The van der Waals surface area contributed by atoms with Crippen LogP contribution in [-0.4, -0.2) is 7.11 Å². The minimum atomic E-state index is 0.119. The number of hydrogen-bond donors (Lipinski definition) is 2. The van der Waals surface area contributed by atoms with E-state index in [1.807, 2.05) is 31.2 Å². The van der Waals surface area contributed by atoms with Crippen molar-refractivity contribution in [1.29, 1.82) is 0 Å². The van der Waals surface area contributed by atoms with E-state index in [1.165, 1.54) is 11.1 Å². The first-order valence-electron chi connectivity index (χ1n) is 4.94. The van der Waals surface area contributed by atoms with Crippen LogP contribution in [0.25, 0.3) is 0 Å². The zero-order valence-electron chi connectivity index (χ0n) is 9.29. The number of hydrazine groups is 1. The zero-order valence-corrected chi connectivity index (χ0v) is 9.29. The summed E-state index contributed by atoms with van der Waals surface area (Å²) >= 11 is 0. The molecule has 0 heterocycles. The Hall–Kier alpha value is -1.32. The minimum absolute atomic E-state index is 0.119. The Balaban J connectivity index is 2.97. The summed E-state index contributed by atoms with van der Waals surface area (Å²) in [6, 6.07) is 6.09. The van der Waals surface area contributed by atoms with Crippen molar-refractivity contribution < 1.29 is 4.74 Å². The number of aryl methyl sites for hydroxylation is 1. The molecule has 1 aromatic carbocycles. The van der Waals surface area contributed by atoms with Crippen LogP contribution in [0.5, 0.6) is 5.75 Å². The highest BCUT2D eigenvalue weighted by molar-refractivity contribution is 5.36. The van der Waals surface area contributed by atoms with Gasteiger partial charge in [-0.25, -0.2) is 0 Å². The predicted octanol–water partition coefficient (Wildman–Crippen LogP) is 2.08. The summed E-state index contributed by atoms with van der Waals surface area (Å²) in [5, 5.41) is 0. The Morgan fingerprint density at radius 1 is 1.60 bits per heavy atom. The molecule has 82 valence electrons. The van der Waals surface area contributed by atoms with Crippen molar-refractivity contribution in [3.8, 4) is 5.75 Å². The minimum Gasteiger partial charge on any atom is -0.497 e. The van der Waals surface area contributed by atoms with Crippen LogP contribution in [0.3, 0.4) is 0 Å². The molecule has 3 nitrogen and oxygen atoms in total. The average molecular weight is 206 g/mol. The fourth-order valence-electron chi connectivity index (χ4n) is 1.62. The molecule has 0 aliphatic carbocycles. The molecule has 1 atom stereocenters. The normalized spacial score (nSPS) is 12.2. The van der Waals surface area contributed by atoms with Crippen molar-refractivity contribution in [2.45, 2.75) is 19.4 Å². The Kier molecular flexibility index (Phi) is 4.34. The molecule has 0 spiro atoms. The zero-order chi connectivity index (χ0) is 11.3. The first-order valence-corrected chi connectivity index (χ1v) is 4.94. The molecule has 1 rings (SSSR count). The van der Waals surface area contributed by atoms with Gasteiger partial charge in [0.15, 0.2) is 0 Å². The maximum Gasteiger partial charge on any atom is 0.119 e. The number of ether oxygens (including phenoxy) is 1. The molecule has 15 heavy (non-hydrogen) atoms.